The second-order valence-corrected chi connectivity index (χ2v) is 8.03. The number of hydrogen-bond acceptors (Lipinski definition) is 5. The molecule has 0 aliphatic heterocycles. The van der Waals surface area contributed by atoms with Crippen LogP contribution in [0.15, 0.2) is 29.2 Å². The van der Waals surface area contributed by atoms with Crippen molar-refractivity contribution in [3.8, 4) is 11.8 Å². The second kappa shape index (κ2) is 8.78. The molecule has 7 nitrogen and oxygen atoms in total. The Morgan fingerprint density at radius 2 is 1.47 bits per heavy atom. The molecule has 0 aliphatic rings. The van der Waals surface area contributed by atoms with Crippen LogP contribution in [0, 0.1) is 34.9 Å². The summed E-state index contributed by atoms with van der Waals surface area (Å²) in [5.74, 6) is -12.7. The fraction of sp³-hybridized carbons (Fsp3) is 0.222. The maximum atomic E-state index is 14.0. The third kappa shape index (κ3) is 4.27. The highest BCUT2D eigenvalue weighted by Gasteiger charge is 2.35. The van der Waals surface area contributed by atoms with Crippen molar-refractivity contribution < 1.29 is 39.5 Å². The quantitative estimate of drug-likeness (QED) is 0.314. The minimum atomic E-state index is -5.22. The molecule has 14 heteroatoms. The molecule has 1 atom stereocenters. The van der Waals surface area contributed by atoms with Gasteiger partial charge in [-0.25, -0.2) is 39.5 Å². The summed E-state index contributed by atoms with van der Waals surface area (Å²) in [6, 6.07) is 3.43. The zero-order valence-electron chi connectivity index (χ0n) is 16.3. The number of halogens is 6. The molecule has 1 aromatic heterocycles. The molecule has 0 aliphatic carbocycles. The van der Waals surface area contributed by atoms with Gasteiger partial charge in [-0.05, 0) is 38.1 Å². The monoisotopic (exact) mass is 480 g/mol. The first-order valence-corrected chi connectivity index (χ1v) is 10.4. The van der Waals surface area contributed by atoms with Gasteiger partial charge in [-0.3, -0.25) is 4.57 Å². The van der Waals surface area contributed by atoms with Crippen molar-refractivity contribution in [2.24, 2.45) is 0 Å². The van der Waals surface area contributed by atoms with E-state index in [1.54, 1.807) is 6.92 Å². The number of ether oxygens (including phenoxy) is 1. The standard InChI is InChI=1S/C18H14F6N4O3S/c1-3-28-17(25-26-18(28)31-10-6-4-9(19)5-7-10)8(2)27-32(29,30)16-14(23)12(21)11(20)13(22)15(16)24/h4-8,27H,3H2,1-2H3/t8-/m1/s1. The zero-order valence-corrected chi connectivity index (χ0v) is 17.2. The van der Waals surface area contributed by atoms with Gasteiger partial charge in [-0.15, -0.1) is 5.10 Å². The van der Waals surface area contributed by atoms with E-state index in [1.165, 1.54) is 23.6 Å². The number of nitrogens with one attached hydrogen (secondary N) is 1. The Hall–Kier alpha value is -3.13. The maximum absolute atomic E-state index is 14.0. The van der Waals surface area contributed by atoms with Crippen LogP contribution < -0.4 is 9.46 Å². The molecule has 0 saturated carbocycles. The Balaban J connectivity index is 1.93. The molecule has 0 spiro atoms. The number of rotatable bonds is 7. The molecule has 0 bridgehead atoms. The van der Waals surface area contributed by atoms with Crippen LogP contribution in [0.5, 0.6) is 11.8 Å². The lowest BCUT2D eigenvalue weighted by molar-refractivity contribution is 0.356. The van der Waals surface area contributed by atoms with Crippen LogP contribution in [-0.2, 0) is 16.6 Å². The Bertz CT molecular complexity index is 1240. The van der Waals surface area contributed by atoms with Crippen LogP contribution in [0.3, 0.4) is 0 Å². The number of sulfonamides is 1. The number of nitrogens with zero attached hydrogens (tertiary/aromatic N) is 3. The van der Waals surface area contributed by atoms with Crippen molar-refractivity contribution >= 4 is 10.0 Å². The van der Waals surface area contributed by atoms with Crippen molar-refractivity contribution in [2.75, 3.05) is 0 Å². The molecule has 1 heterocycles. The van der Waals surface area contributed by atoms with Gasteiger partial charge >= 0.3 is 6.01 Å². The van der Waals surface area contributed by atoms with Crippen LogP contribution in [0.2, 0.25) is 0 Å². The summed E-state index contributed by atoms with van der Waals surface area (Å²) < 4.78 is 114. The maximum Gasteiger partial charge on any atom is 0.322 e. The zero-order chi connectivity index (χ0) is 23.8. The van der Waals surface area contributed by atoms with E-state index in [1.807, 2.05) is 4.72 Å². The Morgan fingerprint density at radius 3 is 2.00 bits per heavy atom. The van der Waals surface area contributed by atoms with Crippen LogP contribution in [0.1, 0.15) is 25.7 Å². The molecule has 3 aromatic rings. The van der Waals surface area contributed by atoms with E-state index >= 15 is 0 Å². The van der Waals surface area contributed by atoms with Crippen molar-refractivity contribution in [1.82, 2.24) is 19.5 Å². The second-order valence-electron chi connectivity index (χ2n) is 6.38. The summed E-state index contributed by atoms with van der Waals surface area (Å²) in [6.07, 6.45) is 0. The summed E-state index contributed by atoms with van der Waals surface area (Å²) in [4.78, 5) is -2.02. The average molecular weight is 480 g/mol. The average Bonchev–Trinajstić information content (AvgIpc) is 3.14. The topological polar surface area (TPSA) is 86.1 Å². The van der Waals surface area contributed by atoms with E-state index in [2.05, 4.69) is 10.2 Å². The van der Waals surface area contributed by atoms with Gasteiger partial charge in [0.25, 0.3) is 0 Å². The minimum absolute atomic E-state index is 0.0861. The van der Waals surface area contributed by atoms with Gasteiger partial charge in [0.1, 0.15) is 11.6 Å². The Kier molecular flexibility index (Phi) is 6.46. The number of benzene rings is 2. The highest BCUT2D eigenvalue weighted by Crippen LogP contribution is 2.28. The molecule has 0 radical (unpaired) electrons. The number of hydrogen-bond donors (Lipinski definition) is 1. The molecular weight excluding hydrogens is 466 g/mol. The van der Waals surface area contributed by atoms with Gasteiger partial charge in [0, 0.05) is 6.54 Å². The summed E-state index contributed by atoms with van der Waals surface area (Å²) >= 11 is 0. The lowest BCUT2D eigenvalue weighted by Crippen LogP contribution is -2.31. The fourth-order valence-electron chi connectivity index (χ4n) is 2.77. The van der Waals surface area contributed by atoms with E-state index in [0.717, 1.165) is 12.1 Å². The first-order valence-electron chi connectivity index (χ1n) is 8.88. The molecule has 172 valence electrons. The molecule has 0 amide bonds. The van der Waals surface area contributed by atoms with E-state index < -0.39 is 55.9 Å². The molecule has 2 aromatic carbocycles. The summed E-state index contributed by atoms with van der Waals surface area (Å²) in [7, 11) is -5.22. The summed E-state index contributed by atoms with van der Waals surface area (Å²) in [5, 5.41) is 7.51. The molecule has 1 N–H and O–H groups in total. The lowest BCUT2D eigenvalue weighted by atomic mass is 10.3. The molecule has 0 fully saturated rings. The highest BCUT2D eigenvalue weighted by molar-refractivity contribution is 7.89. The van der Waals surface area contributed by atoms with E-state index in [9.17, 15) is 34.8 Å². The summed E-state index contributed by atoms with van der Waals surface area (Å²) in [5.41, 5.74) is 0. The van der Waals surface area contributed by atoms with E-state index in [0.29, 0.717) is 0 Å². The predicted octanol–water partition coefficient (Wildman–Crippen LogP) is 3.96. The fourth-order valence-corrected chi connectivity index (χ4v) is 4.11. The van der Waals surface area contributed by atoms with E-state index in [4.69, 9.17) is 4.74 Å². The highest BCUT2D eigenvalue weighted by atomic mass is 32.2. The minimum Gasteiger partial charge on any atom is -0.424 e. The molecule has 0 saturated heterocycles. The lowest BCUT2D eigenvalue weighted by Gasteiger charge is -2.16. The normalized spacial score (nSPS) is 12.8. The van der Waals surface area contributed by atoms with Gasteiger partial charge in [0.15, 0.2) is 34.0 Å². The predicted molar refractivity (Wildman–Crippen MR) is 97.1 cm³/mol. The molecule has 0 unspecified atom stereocenters. The van der Waals surface area contributed by atoms with Crippen LogP contribution in [0.4, 0.5) is 26.3 Å². The molecule has 32 heavy (non-hydrogen) atoms. The van der Waals surface area contributed by atoms with Crippen LogP contribution in [-0.4, -0.2) is 23.2 Å². The summed E-state index contributed by atoms with van der Waals surface area (Å²) in [6.45, 7) is 2.98. The van der Waals surface area contributed by atoms with Gasteiger partial charge in [-0.2, -0.15) is 0 Å². The largest absolute Gasteiger partial charge is 0.424 e. The van der Waals surface area contributed by atoms with E-state index in [-0.39, 0.29) is 24.1 Å². The number of aromatic nitrogens is 3. The SMILES string of the molecule is CCn1c(Oc2ccc(F)cc2)nnc1[C@@H](C)NS(=O)(=O)c1c(F)c(F)c(F)c(F)c1F. The van der Waals surface area contributed by atoms with Crippen molar-refractivity contribution in [3.63, 3.8) is 0 Å². The smallest absolute Gasteiger partial charge is 0.322 e. The van der Waals surface area contributed by atoms with Gasteiger partial charge in [0.2, 0.25) is 15.8 Å². The van der Waals surface area contributed by atoms with Crippen LogP contribution >= 0.6 is 0 Å². The van der Waals surface area contributed by atoms with Gasteiger partial charge in [-0.1, -0.05) is 5.10 Å². The Morgan fingerprint density at radius 1 is 0.938 bits per heavy atom. The van der Waals surface area contributed by atoms with Crippen molar-refractivity contribution in [2.45, 2.75) is 31.3 Å². The van der Waals surface area contributed by atoms with Crippen molar-refractivity contribution in [3.05, 3.63) is 65.0 Å². The third-order valence-corrected chi connectivity index (χ3v) is 5.80. The van der Waals surface area contributed by atoms with Gasteiger partial charge < -0.3 is 4.74 Å². The first-order chi connectivity index (χ1) is 15.0. The molecule has 3 rings (SSSR count). The van der Waals surface area contributed by atoms with Gasteiger partial charge in [0.05, 0.1) is 6.04 Å². The van der Waals surface area contributed by atoms with Crippen LogP contribution in [0.25, 0.3) is 0 Å². The Labute approximate surface area is 177 Å². The third-order valence-electron chi connectivity index (χ3n) is 4.24. The van der Waals surface area contributed by atoms with Crippen molar-refractivity contribution in [1.29, 1.82) is 0 Å². The molecular formula is C18H14F6N4O3S. The first kappa shape index (κ1) is 23.5.